The summed E-state index contributed by atoms with van der Waals surface area (Å²) in [4.78, 5) is 5.47. The molecule has 0 radical (unpaired) electrons. The molecule has 23 heavy (non-hydrogen) atoms. The van der Waals surface area contributed by atoms with Crippen LogP contribution >= 0.6 is 0 Å². The highest BCUT2D eigenvalue weighted by Gasteiger charge is 2.32. The molecule has 0 N–H and O–H groups in total. The minimum absolute atomic E-state index is 0.0295. The first-order valence-electron chi connectivity index (χ1n) is 7.04. The van der Waals surface area contributed by atoms with Gasteiger partial charge in [-0.05, 0) is 26.1 Å². The molecule has 124 valence electrons. The first kappa shape index (κ1) is 15.9. The summed E-state index contributed by atoms with van der Waals surface area (Å²) >= 11 is 0. The van der Waals surface area contributed by atoms with Crippen molar-refractivity contribution in [2.24, 2.45) is 0 Å². The molecule has 3 rings (SSSR count). The molecule has 2 aromatic rings. The van der Waals surface area contributed by atoms with Gasteiger partial charge in [-0.1, -0.05) is 0 Å². The fourth-order valence-corrected chi connectivity index (χ4v) is 2.47. The van der Waals surface area contributed by atoms with Crippen molar-refractivity contribution in [2.45, 2.75) is 25.3 Å². The maximum absolute atomic E-state index is 12.5. The molecule has 1 saturated heterocycles. The lowest BCUT2D eigenvalue weighted by atomic mass is 10.2. The minimum Gasteiger partial charge on any atom is -0.418 e. The van der Waals surface area contributed by atoms with Crippen molar-refractivity contribution in [3.8, 4) is 11.5 Å². The Labute approximate surface area is 130 Å². The molecule has 2 atom stereocenters. The van der Waals surface area contributed by atoms with Crippen LogP contribution in [0, 0.1) is 0 Å². The van der Waals surface area contributed by atoms with E-state index in [-0.39, 0.29) is 18.1 Å². The lowest BCUT2D eigenvalue weighted by Gasteiger charge is -2.32. The smallest absolute Gasteiger partial charge is 0.418 e. The van der Waals surface area contributed by atoms with E-state index in [9.17, 15) is 13.2 Å². The molecule has 0 unspecified atom stereocenters. The van der Waals surface area contributed by atoms with Gasteiger partial charge >= 0.3 is 6.18 Å². The standard InChI is InChI=1S/C14H15F3N4O2/c1-8-6-21(2)7-10(22-8)13-20-19-12(23-13)9-3-4-11(18-5-9)14(15,16)17/h3-5,8,10H,6-7H2,1-2H3/t8-,10-/m1/s1. The third-order valence-corrected chi connectivity index (χ3v) is 3.46. The Balaban J connectivity index is 1.79. The molecule has 0 bridgehead atoms. The third-order valence-electron chi connectivity index (χ3n) is 3.46. The Hall–Kier alpha value is -2.00. The van der Waals surface area contributed by atoms with Crippen molar-refractivity contribution in [2.75, 3.05) is 20.1 Å². The van der Waals surface area contributed by atoms with E-state index in [0.717, 1.165) is 18.8 Å². The zero-order valence-corrected chi connectivity index (χ0v) is 12.5. The van der Waals surface area contributed by atoms with Crippen LogP contribution in [0.5, 0.6) is 0 Å². The Morgan fingerprint density at radius 3 is 2.61 bits per heavy atom. The van der Waals surface area contributed by atoms with Gasteiger partial charge in [0, 0.05) is 19.3 Å². The first-order chi connectivity index (χ1) is 10.8. The molecule has 0 saturated carbocycles. The van der Waals surface area contributed by atoms with E-state index in [0.29, 0.717) is 18.0 Å². The second kappa shape index (κ2) is 5.89. The molecule has 2 aromatic heterocycles. The van der Waals surface area contributed by atoms with Crippen molar-refractivity contribution in [3.63, 3.8) is 0 Å². The van der Waals surface area contributed by atoms with Crippen LogP contribution in [-0.2, 0) is 10.9 Å². The van der Waals surface area contributed by atoms with Gasteiger partial charge in [-0.2, -0.15) is 13.2 Å². The second-order valence-corrected chi connectivity index (χ2v) is 5.53. The van der Waals surface area contributed by atoms with Gasteiger partial charge in [0.15, 0.2) is 0 Å². The number of morpholine rings is 1. The van der Waals surface area contributed by atoms with Crippen molar-refractivity contribution >= 4 is 0 Å². The largest absolute Gasteiger partial charge is 0.433 e. The van der Waals surface area contributed by atoms with Gasteiger partial charge in [0.1, 0.15) is 11.8 Å². The summed E-state index contributed by atoms with van der Waals surface area (Å²) < 4.78 is 48.8. The highest BCUT2D eigenvalue weighted by Crippen LogP contribution is 2.30. The molecule has 0 aliphatic carbocycles. The Kier molecular flexibility index (Phi) is 4.07. The second-order valence-electron chi connectivity index (χ2n) is 5.53. The van der Waals surface area contributed by atoms with Crippen LogP contribution in [0.4, 0.5) is 13.2 Å². The van der Waals surface area contributed by atoms with Gasteiger partial charge in [0.05, 0.1) is 11.7 Å². The van der Waals surface area contributed by atoms with Gasteiger partial charge in [-0.15, -0.1) is 10.2 Å². The highest BCUT2D eigenvalue weighted by molar-refractivity contribution is 5.50. The van der Waals surface area contributed by atoms with Crippen molar-refractivity contribution in [1.29, 1.82) is 0 Å². The predicted molar refractivity (Wildman–Crippen MR) is 73.3 cm³/mol. The maximum Gasteiger partial charge on any atom is 0.433 e. The zero-order valence-electron chi connectivity index (χ0n) is 12.5. The Morgan fingerprint density at radius 1 is 1.22 bits per heavy atom. The van der Waals surface area contributed by atoms with E-state index in [2.05, 4.69) is 20.1 Å². The van der Waals surface area contributed by atoms with Gasteiger partial charge in [-0.3, -0.25) is 4.98 Å². The van der Waals surface area contributed by atoms with Crippen molar-refractivity contribution < 1.29 is 22.3 Å². The SMILES string of the molecule is C[C@@H]1CN(C)C[C@H](c2nnc(-c3ccc(C(F)(F)F)nc3)o2)O1. The van der Waals surface area contributed by atoms with Crippen LogP contribution in [-0.4, -0.2) is 46.3 Å². The number of halogens is 3. The van der Waals surface area contributed by atoms with E-state index >= 15 is 0 Å². The number of likely N-dealkylation sites (N-methyl/N-ethyl adjacent to an activating group) is 1. The van der Waals surface area contributed by atoms with Crippen molar-refractivity contribution in [3.05, 3.63) is 29.9 Å². The van der Waals surface area contributed by atoms with Crippen LogP contribution < -0.4 is 0 Å². The van der Waals surface area contributed by atoms with E-state index in [1.165, 1.54) is 6.07 Å². The molecule has 0 amide bonds. The summed E-state index contributed by atoms with van der Waals surface area (Å²) in [5, 5.41) is 7.81. The lowest BCUT2D eigenvalue weighted by Crippen LogP contribution is -2.40. The number of pyridine rings is 1. The first-order valence-corrected chi connectivity index (χ1v) is 7.04. The minimum atomic E-state index is -4.48. The number of hydrogen-bond acceptors (Lipinski definition) is 6. The van der Waals surface area contributed by atoms with Crippen LogP contribution in [0.15, 0.2) is 22.7 Å². The Bertz CT molecular complexity index is 661. The molecule has 9 heteroatoms. The molecule has 1 aliphatic heterocycles. The van der Waals surface area contributed by atoms with Crippen LogP contribution in [0.2, 0.25) is 0 Å². The van der Waals surface area contributed by atoms with Gasteiger partial charge in [0.25, 0.3) is 0 Å². The summed E-state index contributed by atoms with van der Waals surface area (Å²) in [5.74, 6) is 0.420. The number of ether oxygens (including phenoxy) is 1. The quantitative estimate of drug-likeness (QED) is 0.844. The predicted octanol–water partition coefficient (Wildman–Crippen LogP) is 2.54. The fraction of sp³-hybridized carbons (Fsp3) is 0.500. The fourth-order valence-electron chi connectivity index (χ4n) is 2.47. The van der Waals surface area contributed by atoms with E-state index in [1.54, 1.807) is 0 Å². The highest BCUT2D eigenvalue weighted by atomic mass is 19.4. The van der Waals surface area contributed by atoms with E-state index in [1.807, 2.05) is 14.0 Å². The molecule has 0 aromatic carbocycles. The molecular formula is C14H15F3N4O2. The third kappa shape index (κ3) is 3.50. The average molecular weight is 328 g/mol. The topological polar surface area (TPSA) is 64.3 Å². The number of rotatable bonds is 2. The molecule has 3 heterocycles. The number of hydrogen-bond donors (Lipinski definition) is 0. The summed E-state index contributed by atoms with van der Waals surface area (Å²) in [6, 6.07) is 2.13. The van der Waals surface area contributed by atoms with Gasteiger partial charge in [0.2, 0.25) is 11.8 Å². The zero-order chi connectivity index (χ0) is 16.6. The van der Waals surface area contributed by atoms with Crippen LogP contribution in [0.25, 0.3) is 11.5 Å². The Morgan fingerprint density at radius 2 is 2.00 bits per heavy atom. The maximum atomic E-state index is 12.5. The molecule has 0 spiro atoms. The van der Waals surface area contributed by atoms with E-state index in [4.69, 9.17) is 9.15 Å². The van der Waals surface area contributed by atoms with Gasteiger partial charge in [-0.25, -0.2) is 0 Å². The average Bonchev–Trinajstić information content (AvgIpc) is 2.95. The molecule has 6 nitrogen and oxygen atoms in total. The molecule has 1 fully saturated rings. The van der Waals surface area contributed by atoms with Crippen LogP contribution in [0.3, 0.4) is 0 Å². The summed E-state index contributed by atoms with van der Waals surface area (Å²) in [6.07, 6.45) is -3.74. The number of nitrogens with zero attached hydrogens (tertiary/aromatic N) is 4. The summed E-state index contributed by atoms with van der Waals surface area (Å²) in [7, 11) is 1.96. The van der Waals surface area contributed by atoms with Crippen molar-refractivity contribution in [1.82, 2.24) is 20.1 Å². The number of alkyl halides is 3. The van der Waals surface area contributed by atoms with Gasteiger partial charge < -0.3 is 14.1 Å². The normalized spacial score (nSPS) is 23.2. The van der Waals surface area contributed by atoms with Crippen LogP contribution in [0.1, 0.15) is 24.6 Å². The molecular weight excluding hydrogens is 313 g/mol. The summed E-state index contributed by atoms with van der Waals surface area (Å²) in [5.41, 5.74) is -0.638. The molecule has 1 aliphatic rings. The lowest BCUT2D eigenvalue weighted by molar-refractivity contribution is -0.141. The monoisotopic (exact) mass is 328 g/mol. The number of aromatic nitrogens is 3. The summed E-state index contributed by atoms with van der Waals surface area (Å²) in [6.45, 7) is 3.36. The van der Waals surface area contributed by atoms with E-state index < -0.39 is 11.9 Å².